The normalized spacial score (nSPS) is 13.6. The first-order valence-electron chi connectivity index (χ1n) is 15.0. The summed E-state index contributed by atoms with van der Waals surface area (Å²) >= 11 is 0. The van der Waals surface area contributed by atoms with Gasteiger partial charge in [0.2, 0.25) is 0 Å². The highest BCUT2D eigenvalue weighted by molar-refractivity contribution is 7.91. The van der Waals surface area contributed by atoms with Crippen LogP contribution in [0.3, 0.4) is 0 Å². The molecular formula is C32H43N7O7S. The van der Waals surface area contributed by atoms with Gasteiger partial charge < -0.3 is 35.4 Å². The zero-order valence-electron chi connectivity index (χ0n) is 27.4. The van der Waals surface area contributed by atoms with Gasteiger partial charge in [0, 0.05) is 49.6 Å². The molecule has 3 rings (SSSR count). The Morgan fingerprint density at radius 2 is 1.60 bits per heavy atom. The monoisotopic (exact) mass is 669 g/mol. The number of benzene rings is 2. The van der Waals surface area contributed by atoms with Crippen molar-refractivity contribution in [3.05, 3.63) is 53.6 Å². The topological polar surface area (TPSA) is 202 Å². The Hall–Kier alpha value is -4.33. The van der Waals surface area contributed by atoms with Crippen LogP contribution in [-0.4, -0.2) is 98.1 Å². The van der Waals surface area contributed by atoms with Crippen LogP contribution in [0.15, 0.2) is 57.6 Å². The minimum atomic E-state index is -3.92. The Kier molecular flexibility index (Phi) is 13.4. The molecule has 5 N–H and O–H groups in total. The van der Waals surface area contributed by atoms with Crippen LogP contribution in [0.5, 0.6) is 11.5 Å². The fourth-order valence-corrected chi connectivity index (χ4v) is 6.17. The van der Waals surface area contributed by atoms with Crippen molar-refractivity contribution in [2.24, 2.45) is 10.2 Å². The average Bonchev–Trinajstić information content (AvgIpc) is 3.01. The van der Waals surface area contributed by atoms with E-state index in [1.54, 1.807) is 32.6 Å². The van der Waals surface area contributed by atoms with Crippen LogP contribution in [0.4, 0.5) is 28.7 Å². The molecule has 254 valence electrons. The van der Waals surface area contributed by atoms with Crippen molar-refractivity contribution in [2.45, 2.75) is 50.9 Å². The standard InChI is InChI=1S/C32H43N7O7S/c1-20(40)17-34-32-30(23(4)25(16-33)31(36-32)35-24-10-8-7-9-11-24)38-37-26-14-28(46-6)29(15-27(26)45-5)47(43,44)13-12-39(18-21(2)41)19-22(3)42/h7-11,14-15,20-22,40-42H,12-13,17-19H2,1-6H3,(H2,34,35,36)/b38-37+. The average molecular weight is 670 g/mol. The Labute approximate surface area is 275 Å². The Bertz CT molecular complexity index is 1670. The number of rotatable bonds is 17. The van der Waals surface area contributed by atoms with Gasteiger partial charge >= 0.3 is 0 Å². The van der Waals surface area contributed by atoms with Crippen LogP contribution in [0, 0.1) is 18.3 Å². The summed E-state index contributed by atoms with van der Waals surface area (Å²) in [7, 11) is -1.23. The Balaban J connectivity index is 2.03. The third-order valence-electron chi connectivity index (χ3n) is 6.91. The number of aliphatic hydroxyl groups excluding tert-OH is 3. The Morgan fingerprint density at radius 3 is 2.15 bits per heavy atom. The van der Waals surface area contributed by atoms with Gasteiger partial charge in [-0.25, -0.2) is 13.4 Å². The summed E-state index contributed by atoms with van der Waals surface area (Å²) in [6.45, 7) is 7.08. The highest BCUT2D eigenvalue weighted by atomic mass is 32.2. The van der Waals surface area contributed by atoms with E-state index >= 15 is 0 Å². The number of aromatic nitrogens is 1. The van der Waals surface area contributed by atoms with Crippen LogP contribution in [-0.2, 0) is 9.84 Å². The second-order valence-electron chi connectivity index (χ2n) is 11.1. The molecule has 3 unspecified atom stereocenters. The highest BCUT2D eigenvalue weighted by Crippen LogP contribution is 2.40. The fourth-order valence-electron chi connectivity index (χ4n) is 4.71. The summed E-state index contributed by atoms with van der Waals surface area (Å²) in [4.78, 5) is 6.15. The van der Waals surface area contributed by atoms with Gasteiger partial charge in [-0.1, -0.05) is 18.2 Å². The van der Waals surface area contributed by atoms with E-state index in [4.69, 9.17) is 9.47 Å². The first-order valence-corrected chi connectivity index (χ1v) is 16.6. The van der Waals surface area contributed by atoms with Gasteiger partial charge in [0.25, 0.3) is 0 Å². The number of nitriles is 1. The summed E-state index contributed by atoms with van der Waals surface area (Å²) in [6.07, 6.45) is -2.14. The van der Waals surface area contributed by atoms with E-state index in [0.717, 1.165) is 5.69 Å². The second kappa shape index (κ2) is 17.0. The molecule has 1 heterocycles. The molecule has 14 nitrogen and oxygen atoms in total. The third kappa shape index (κ3) is 10.3. The number of anilines is 3. The molecular weight excluding hydrogens is 626 g/mol. The van der Waals surface area contributed by atoms with Gasteiger partial charge in [-0.05, 0) is 39.8 Å². The number of hydrogen-bond acceptors (Lipinski definition) is 14. The molecule has 0 saturated carbocycles. The van der Waals surface area contributed by atoms with Crippen molar-refractivity contribution >= 4 is 38.5 Å². The van der Waals surface area contributed by atoms with E-state index in [2.05, 4.69) is 31.9 Å². The number of azo groups is 1. The van der Waals surface area contributed by atoms with Crippen molar-refractivity contribution in [2.75, 3.05) is 56.8 Å². The molecule has 0 radical (unpaired) electrons. The minimum absolute atomic E-state index is 0.0137. The van der Waals surface area contributed by atoms with Crippen LogP contribution in [0.2, 0.25) is 0 Å². The van der Waals surface area contributed by atoms with Gasteiger partial charge in [-0.3, -0.25) is 4.90 Å². The SMILES string of the molecule is COc1cc(S(=O)(=O)CCN(CC(C)O)CC(C)O)c(OC)cc1/N=N/c1c(NCC(C)O)nc(Nc2ccccc2)c(C#N)c1C. The zero-order valence-corrected chi connectivity index (χ0v) is 28.2. The van der Waals surface area contributed by atoms with Gasteiger partial charge in [0.1, 0.15) is 33.8 Å². The molecule has 0 aliphatic rings. The smallest absolute Gasteiger partial charge is 0.183 e. The molecule has 0 fully saturated rings. The molecule has 0 aliphatic heterocycles. The number of nitrogens with zero attached hydrogens (tertiary/aromatic N) is 5. The lowest BCUT2D eigenvalue weighted by molar-refractivity contribution is 0.0873. The molecule has 3 atom stereocenters. The number of aliphatic hydroxyl groups is 3. The molecule has 0 saturated heterocycles. The zero-order chi connectivity index (χ0) is 34.7. The number of ether oxygens (including phenoxy) is 2. The predicted octanol–water partition coefficient (Wildman–Crippen LogP) is 4.07. The molecule has 15 heteroatoms. The summed E-state index contributed by atoms with van der Waals surface area (Å²) in [5.74, 6) is 0.354. The van der Waals surface area contributed by atoms with Crippen molar-refractivity contribution in [1.82, 2.24) is 9.88 Å². The highest BCUT2D eigenvalue weighted by Gasteiger charge is 2.25. The van der Waals surface area contributed by atoms with Gasteiger partial charge in [-0.2, -0.15) is 5.26 Å². The van der Waals surface area contributed by atoms with E-state index in [9.17, 15) is 29.0 Å². The molecule has 3 aromatic rings. The number of methoxy groups -OCH3 is 2. The lowest BCUT2D eigenvalue weighted by Crippen LogP contribution is -2.39. The maximum atomic E-state index is 13.5. The Morgan fingerprint density at radius 1 is 0.957 bits per heavy atom. The molecule has 47 heavy (non-hydrogen) atoms. The minimum Gasteiger partial charge on any atom is -0.495 e. The summed E-state index contributed by atoms with van der Waals surface area (Å²) in [5, 5.41) is 54.6. The van der Waals surface area contributed by atoms with E-state index in [-0.39, 0.29) is 76.9 Å². The van der Waals surface area contributed by atoms with Crippen LogP contribution < -0.4 is 20.1 Å². The van der Waals surface area contributed by atoms with Crippen molar-refractivity contribution in [1.29, 1.82) is 5.26 Å². The van der Waals surface area contributed by atoms with Gasteiger partial charge in [0.15, 0.2) is 21.5 Å². The van der Waals surface area contributed by atoms with E-state index in [1.807, 2.05) is 30.3 Å². The lowest BCUT2D eigenvalue weighted by Gasteiger charge is -2.25. The van der Waals surface area contributed by atoms with Crippen molar-refractivity contribution in [3.63, 3.8) is 0 Å². The van der Waals surface area contributed by atoms with Gasteiger partial charge in [0.05, 0.1) is 43.8 Å². The van der Waals surface area contributed by atoms with Crippen LogP contribution >= 0.6 is 0 Å². The number of sulfone groups is 1. The lowest BCUT2D eigenvalue weighted by atomic mass is 10.1. The largest absolute Gasteiger partial charge is 0.495 e. The predicted molar refractivity (Wildman–Crippen MR) is 179 cm³/mol. The van der Waals surface area contributed by atoms with Crippen molar-refractivity contribution < 1.29 is 33.2 Å². The van der Waals surface area contributed by atoms with Crippen molar-refractivity contribution in [3.8, 4) is 17.6 Å². The maximum absolute atomic E-state index is 13.5. The molecule has 0 bridgehead atoms. The third-order valence-corrected chi connectivity index (χ3v) is 8.62. The molecule has 0 spiro atoms. The summed E-state index contributed by atoms with van der Waals surface area (Å²) < 4.78 is 37.9. The molecule has 1 aromatic heterocycles. The quantitative estimate of drug-likeness (QED) is 0.129. The fraction of sp³-hybridized carbons (Fsp3) is 0.438. The van der Waals surface area contributed by atoms with E-state index in [1.165, 1.54) is 26.4 Å². The van der Waals surface area contributed by atoms with E-state index in [0.29, 0.717) is 5.56 Å². The number of pyridine rings is 1. The first-order chi connectivity index (χ1) is 22.3. The summed E-state index contributed by atoms with van der Waals surface area (Å²) in [5.41, 5.74) is 1.80. The second-order valence-corrected chi connectivity index (χ2v) is 13.2. The molecule has 2 aromatic carbocycles. The number of para-hydroxylation sites is 1. The van der Waals surface area contributed by atoms with Crippen LogP contribution in [0.25, 0.3) is 0 Å². The van der Waals surface area contributed by atoms with Crippen LogP contribution in [0.1, 0.15) is 31.9 Å². The summed E-state index contributed by atoms with van der Waals surface area (Å²) in [6, 6.07) is 14.1. The molecule has 0 amide bonds. The van der Waals surface area contributed by atoms with Gasteiger partial charge in [-0.15, -0.1) is 10.2 Å². The number of hydrogen-bond donors (Lipinski definition) is 5. The van der Waals surface area contributed by atoms with E-state index < -0.39 is 28.1 Å². The number of nitrogens with one attached hydrogen (secondary N) is 2. The first kappa shape index (κ1) is 37.1. The maximum Gasteiger partial charge on any atom is 0.183 e. The molecule has 0 aliphatic carbocycles.